The summed E-state index contributed by atoms with van der Waals surface area (Å²) in [4.78, 5) is 11.3. The van der Waals surface area contributed by atoms with Crippen LogP contribution in [0.2, 0.25) is 0 Å². The highest BCUT2D eigenvalue weighted by atomic mass is 127. The van der Waals surface area contributed by atoms with Gasteiger partial charge in [0, 0.05) is 9.13 Å². The fraction of sp³-hybridized carbons (Fsp3) is 0.125. The largest absolute Gasteiger partial charge is 0.507 e. The van der Waals surface area contributed by atoms with Crippen LogP contribution < -0.4 is 0 Å². The topological polar surface area (TPSA) is 37.3 Å². The third-order valence-corrected chi connectivity index (χ3v) is 4.66. The lowest BCUT2D eigenvalue weighted by Crippen LogP contribution is -2.02. The Balaban J connectivity index is 3.26. The molecule has 0 aromatic heterocycles. The fourth-order valence-corrected chi connectivity index (χ4v) is 2.23. The maximum Gasteiger partial charge on any atom is 0.174 e. The van der Waals surface area contributed by atoms with Crippen LogP contribution >= 0.6 is 54.5 Å². The van der Waals surface area contributed by atoms with Crippen molar-refractivity contribution in [2.75, 3.05) is 5.33 Å². The minimum atomic E-state index is 0.00472. The summed E-state index contributed by atoms with van der Waals surface area (Å²) in [6, 6.07) is 3.12. The van der Waals surface area contributed by atoms with Crippen molar-refractivity contribution in [3.05, 3.63) is 25.7 Å². The zero-order chi connectivity index (χ0) is 10.0. The van der Waals surface area contributed by atoms with E-state index in [1.807, 2.05) is 22.6 Å². The second-order valence-electron chi connectivity index (χ2n) is 2.32. The molecule has 2 nitrogen and oxygen atoms in total. The van der Waals surface area contributed by atoms with E-state index in [0.717, 1.165) is 3.57 Å². The third-order valence-electron chi connectivity index (χ3n) is 1.48. The normalized spacial score (nSPS) is 10.1. The van der Waals surface area contributed by atoms with E-state index in [-0.39, 0.29) is 11.5 Å². The van der Waals surface area contributed by atoms with Crippen molar-refractivity contribution in [3.8, 4) is 5.75 Å². The zero-order valence-electron chi connectivity index (χ0n) is 6.35. The van der Waals surface area contributed by atoms with Crippen molar-refractivity contribution in [2.24, 2.45) is 0 Å². The summed E-state index contributed by atoms with van der Waals surface area (Å²) < 4.78 is 1.31. The molecule has 0 amide bonds. The lowest BCUT2D eigenvalue weighted by atomic mass is 10.1. The van der Waals surface area contributed by atoms with E-state index in [9.17, 15) is 9.90 Å². The monoisotopic (exact) mass is 418 g/mol. The molecular formula is C8H5Br2IO2. The van der Waals surface area contributed by atoms with Gasteiger partial charge in [-0.2, -0.15) is 0 Å². The van der Waals surface area contributed by atoms with Crippen LogP contribution in [0.1, 0.15) is 10.4 Å². The summed E-state index contributed by atoms with van der Waals surface area (Å²) in [5.41, 5.74) is 0.613. The number of aromatic hydroxyl groups is 1. The third kappa shape index (κ3) is 2.44. The molecule has 0 fully saturated rings. The van der Waals surface area contributed by atoms with Gasteiger partial charge in [-0.05, 0) is 50.7 Å². The van der Waals surface area contributed by atoms with E-state index in [1.165, 1.54) is 6.07 Å². The van der Waals surface area contributed by atoms with Crippen molar-refractivity contribution < 1.29 is 9.90 Å². The van der Waals surface area contributed by atoms with Gasteiger partial charge in [-0.25, -0.2) is 0 Å². The Labute approximate surface area is 106 Å². The average Bonchev–Trinajstić information content (AvgIpc) is 2.13. The summed E-state index contributed by atoms with van der Waals surface area (Å²) >= 11 is 8.32. The van der Waals surface area contributed by atoms with Gasteiger partial charge >= 0.3 is 0 Å². The van der Waals surface area contributed by atoms with Crippen LogP contribution in [0.4, 0.5) is 0 Å². The molecule has 70 valence electrons. The molecule has 0 aliphatic heterocycles. The van der Waals surface area contributed by atoms with Crippen molar-refractivity contribution in [2.45, 2.75) is 0 Å². The predicted octanol–water partition coefficient (Wildman–Crippen LogP) is 3.34. The standard InChI is InChI=1S/C8H5Br2IO2/c9-3-6(13)4-1-2-5(12)7(10)8(4)11/h1-2,12H,3H2. The van der Waals surface area contributed by atoms with Crippen LogP contribution in [0.15, 0.2) is 16.6 Å². The Kier molecular flexibility index (Phi) is 4.18. The zero-order valence-corrected chi connectivity index (χ0v) is 11.7. The van der Waals surface area contributed by atoms with Gasteiger partial charge in [0.15, 0.2) is 5.78 Å². The van der Waals surface area contributed by atoms with Gasteiger partial charge in [-0.15, -0.1) is 0 Å². The van der Waals surface area contributed by atoms with Crippen molar-refractivity contribution in [1.82, 2.24) is 0 Å². The number of carbonyl (C=O) groups is 1. The first-order valence-electron chi connectivity index (χ1n) is 3.34. The Morgan fingerprint density at radius 2 is 2.15 bits per heavy atom. The number of rotatable bonds is 2. The summed E-state index contributed by atoms with van der Waals surface area (Å²) in [7, 11) is 0. The van der Waals surface area contributed by atoms with E-state index < -0.39 is 0 Å². The molecule has 0 heterocycles. The lowest BCUT2D eigenvalue weighted by Gasteiger charge is -2.04. The number of carbonyl (C=O) groups excluding carboxylic acids is 1. The molecule has 1 rings (SSSR count). The van der Waals surface area contributed by atoms with Crippen molar-refractivity contribution in [3.63, 3.8) is 0 Å². The summed E-state index contributed by atoms with van der Waals surface area (Å²) in [5.74, 6) is 0.153. The fourth-order valence-electron chi connectivity index (χ4n) is 0.827. The van der Waals surface area contributed by atoms with Crippen LogP contribution in [0.3, 0.4) is 0 Å². The number of phenolic OH excluding ortho intramolecular Hbond substituents is 1. The Bertz CT molecular complexity index is 352. The molecule has 0 aliphatic rings. The van der Waals surface area contributed by atoms with E-state index in [2.05, 4.69) is 31.9 Å². The van der Waals surface area contributed by atoms with Crippen LogP contribution in [0.25, 0.3) is 0 Å². The molecule has 0 aliphatic carbocycles. The maximum atomic E-state index is 11.3. The first kappa shape index (κ1) is 11.5. The molecule has 0 unspecified atom stereocenters. The van der Waals surface area contributed by atoms with Gasteiger partial charge in [0.05, 0.1) is 9.80 Å². The molecule has 0 atom stereocenters. The minimum Gasteiger partial charge on any atom is -0.507 e. The average molecular weight is 420 g/mol. The smallest absolute Gasteiger partial charge is 0.174 e. The highest BCUT2D eigenvalue weighted by molar-refractivity contribution is 14.1. The maximum absolute atomic E-state index is 11.3. The number of benzene rings is 1. The highest BCUT2D eigenvalue weighted by Crippen LogP contribution is 2.31. The van der Waals surface area contributed by atoms with Gasteiger partial charge in [0.2, 0.25) is 0 Å². The van der Waals surface area contributed by atoms with E-state index in [4.69, 9.17) is 0 Å². The number of hydrogen-bond donors (Lipinski definition) is 1. The number of Topliss-reactive ketones (excluding diaryl/α,β-unsaturated/α-hetero) is 1. The molecule has 0 radical (unpaired) electrons. The van der Waals surface area contributed by atoms with E-state index in [0.29, 0.717) is 15.4 Å². The van der Waals surface area contributed by atoms with E-state index >= 15 is 0 Å². The van der Waals surface area contributed by atoms with Gasteiger partial charge in [-0.3, -0.25) is 4.79 Å². The minimum absolute atomic E-state index is 0.00472. The van der Waals surface area contributed by atoms with Gasteiger partial charge in [-0.1, -0.05) is 15.9 Å². The first-order valence-corrected chi connectivity index (χ1v) is 6.33. The van der Waals surface area contributed by atoms with Crippen LogP contribution in [0.5, 0.6) is 5.75 Å². The molecule has 0 spiro atoms. The van der Waals surface area contributed by atoms with Gasteiger partial charge < -0.3 is 5.11 Å². The van der Waals surface area contributed by atoms with Gasteiger partial charge in [0.25, 0.3) is 0 Å². The van der Waals surface area contributed by atoms with Crippen LogP contribution in [-0.4, -0.2) is 16.2 Å². The second-order valence-corrected chi connectivity index (χ2v) is 4.75. The lowest BCUT2D eigenvalue weighted by molar-refractivity contribution is 0.102. The summed E-state index contributed by atoms with van der Waals surface area (Å²) in [6.45, 7) is 0. The highest BCUT2D eigenvalue weighted by Gasteiger charge is 2.13. The van der Waals surface area contributed by atoms with Crippen molar-refractivity contribution >= 4 is 60.2 Å². The van der Waals surface area contributed by atoms with Crippen LogP contribution in [0, 0.1) is 3.57 Å². The molecule has 13 heavy (non-hydrogen) atoms. The molecule has 0 saturated carbocycles. The quantitative estimate of drug-likeness (QED) is 0.453. The number of halogens is 3. The number of hydrogen-bond acceptors (Lipinski definition) is 2. The van der Waals surface area contributed by atoms with Crippen LogP contribution in [-0.2, 0) is 0 Å². The second kappa shape index (κ2) is 4.75. The number of phenols is 1. The van der Waals surface area contributed by atoms with Gasteiger partial charge in [0.1, 0.15) is 5.75 Å². The van der Waals surface area contributed by atoms with E-state index in [1.54, 1.807) is 6.07 Å². The summed E-state index contributed by atoms with van der Waals surface area (Å²) in [6.07, 6.45) is 0. The van der Waals surface area contributed by atoms with Crippen molar-refractivity contribution in [1.29, 1.82) is 0 Å². The Morgan fingerprint density at radius 1 is 1.54 bits per heavy atom. The molecule has 0 bridgehead atoms. The molecule has 1 aromatic rings. The number of alkyl halides is 1. The molecule has 1 aromatic carbocycles. The molecule has 0 saturated heterocycles. The Morgan fingerprint density at radius 3 is 2.69 bits per heavy atom. The number of ketones is 1. The SMILES string of the molecule is O=C(CBr)c1ccc(O)c(Br)c1I. The Hall–Kier alpha value is 0.380. The predicted molar refractivity (Wildman–Crippen MR) is 66.6 cm³/mol. The molecular weight excluding hydrogens is 415 g/mol. The summed E-state index contributed by atoms with van der Waals surface area (Å²) in [5, 5.41) is 9.60. The first-order chi connectivity index (χ1) is 6.07. The molecule has 1 N–H and O–H groups in total. The molecule has 5 heteroatoms.